The minimum atomic E-state index is -0.833. The second-order valence-corrected chi connectivity index (χ2v) is 6.91. The average Bonchev–Trinajstić information content (AvgIpc) is 3.28. The van der Waals surface area contributed by atoms with Crippen LogP contribution in [0.1, 0.15) is 24.0 Å². The van der Waals surface area contributed by atoms with Crippen molar-refractivity contribution in [1.29, 1.82) is 0 Å². The first-order valence-corrected chi connectivity index (χ1v) is 9.81. The van der Waals surface area contributed by atoms with Crippen LogP contribution >= 0.6 is 0 Å². The van der Waals surface area contributed by atoms with Gasteiger partial charge < -0.3 is 20.1 Å². The summed E-state index contributed by atoms with van der Waals surface area (Å²) in [5.41, 5.74) is 5.65. The van der Waals surface area contributed by atoms with E-state index in [4.69, 9.17) is 9.47 Å². The molecule has 1 heterocycles. The van der Waals surface area contributed by atoms with Crippen molar-refractivity contribution in [3.63, 3.8) is 0 Å². The van der Waals surface area contributed by atoms with E-state index in [0.717, 1.165) is 24.1 Å². The van der Waals surface area contributed by atoms with Gasteiger partial charge >= 0.3 is 11.8 Å². The molecule has 1 saturated heterocycles. The van der Waals surface area contributed by atoms with Gasteiger partial charge in [-0.1, -0.05) is 30.3 Å². The number of hydrogen-bond acceptors (Lipinski definition) is 6. The Morgan fingerprint density at radius 1 is 1.20 bits per heavy atom. The number of rotatable bonds is 7. The van der Waals surface area contributed by atoms with Crippen molar-refractivity contribution >= 4 is 29.4 Å². The Labute approximate surface area is 175 Å². The Morgan fingerprint density at radius 3 is 2.77 bits per heavy atom. The molecule has 8 nitrogen and oxygen atoms in total. The van der Waals surface area contributed by atoms with Crippen molar-refractivity contribution in [2.45, 2.75) is 25.9 Å². The van der Waals surface area contributed by atoms with Crippen LogP contribution < -0.4 is 20.8 Å². The number of nitrogens with zero attached hydrogens (tertiary/aromatic N) is 1. The van der Waals surface area contributed by atoms with Gasteiger partial charge in [-0.3, -0.25) is 9.59 Å². The van der Waals surface area contributed by atoms with Crippen LogP contribution in [0.25, 0.3) is 0 Å². The third-order valence-corrected chi connectivity index (χ3v) is 4.77. The molecular weight excluding hydrogens is 384 g/mol. The van der Waals surface area contributed by atoms with Gasteiger partial charge in [-0.05, 0) is 37.5 Å². The number of nitrogens with one attached hydrogen (secondary N) is 3. The Kier molecular flexibility index (Phi) is 7.40. The quantitative estimate of drug-likeness (QED) is 0.370. The van der Waals surface area contributed by atoms with Crippen LogP contribution in [0.15, 0.2) is 47.6 Å². The monoisotopic (exact) mass is 410 g/mol. The summed E-state index contributed by atoms with van der Waals surface area (Å²) < 4.78 is 10.9. The van der Waals surface area contributed by atoms with E-state index in [1.807, 2.05) is 49.4 Å². The van der Waals surface area contributed by atoms with E-state index in [1.165, 1.54) is 6.21 Å². The highest BCUT2D eigenvalue weighted by molar-refractivity contribution is 6.35. The Hall–Kier alpha value is -3.39. The van der Waals surface area contributed by atoms with Gasteiger partial charge in [0.1, 0.15) is 5.75 Å². The van der Waals surface area contributed by atoms with E-state index in [1.54, 1.807) is 7.11 Å². The molecule has 0 radical (unpaired) electrons. The highest BCUT2D eigenvalue weighted by atomic mass is 16.5. The predicted octanol–water partition coefficient (Wildman–Crippen LogP) is 2.49. The predicted molar refractivity (Wildman–Crippen MR) is 115 cm³/mol. The molecule has 0 aliphatic carbocycles. The molecule has 1 fully saturated rings. The Bertz CT molecular complexity index is 923. The first-order valence-electron chi connectivity index (χ1n) is 9.81. The van der Waals surface area contributed by atoms with Gasteiger partial charge in [-0.15, -0.1) is 0 Å². The van der Waals surface area contributed by atoms with Gasteiger partial charge in [-0.2, -0.15) is 5.10 Å². The zero-order chi connectivity index (χ0) is 21.3. The molecule has 0 bridgehead atoms. The fraction of sp³-hybridized carbons (Fsp3) is 0.318. The smallest absolute Gasteiger partial charge is 0.329 e. The summed E-state index contributed by atoms with van der Waals surface area (Å²) in [5, 5.41) is 9.84. The van der Waals surface area contributed by atoms with Crippen LogP contribution in [-0.4, -0.2) is 44.4 Å². The number of hydrazone groups is 1. The summed E-state index contributed by atoms with van der Waals surface area (Å²) in [7, 11) is 1.58. The molecule has 1 atom stereocenters. The van der Waals surface area contributed by atoms with Crippen molar-refractivity contribution in [2.75, 3.05) is 25.6 Å². The van der Waals surface area contributed by atoms with Crippen LogP contribution in [0.3, 0.4) is 0 Å². The van der Waals surface area contributed by atoms with Gasteiger partial charge in [0.05, 0.1) is 25.1 Å². The third-order valence-electron chi connectivity index (χ3n) is 4.77. The molecule has 1 aliphatic rings. The first kappa shape index (κ1) is 21.3. The number of amides is 2. The van der Waals surface area contributed by atoms with Crippen LogP contribution in [0.5, 0.6) is 5.75 Å². The van der Waals surface area contributed by atoms with Gasteiger partial charge in [-0.25, -0.2) is 5.43 Å². The number of para-hydroxylation sites is 2. The largest absolute Gasteiger partial charge is 0.495 e. The van der Waals surface area contributed by atoms with E-state index in [9.17, 15) is 9.59 Å². The molecule has 0 saturated carbocycles. The highest BCUT2D eigenvalue weighted by Gasteiger charge is 2.19. The first-order chi connectivity index (χ1) is 14.6. The maximum Gasteiger partial charge on any atom is 0.329 e. The zero-order valence-electron chi connectivity index (χ0n) is 17.1. The number of anilines is 2. The summed E-state index contributed by atoms with van der Waals surface area (Å²) in [4.78, 5) is 23.9. The third kappa shape index (κ3) is 5.57. The minimum Gasteiger partial charge on any atom is -0.495 e. The molecule has 0 aromatic heterocycles. The Morgan fingerprint density at radius 2 is 2.03 bits per heavy atom. The summed E-state index contributed by atoms with van der Waals surface area (Å²) in [5.74, 6) is -0.949. The lowest BCUT2D eigenvalue weighted by Gasteiger charge is -2.15. The number of methoxy groups -OCH3 is 1. The second-order valence-electron chi connectivity index (χ2n) is 6.91. The number of carbonyl (C=O) groups is 2. The highest BCUT2D eigenvalue weighted by Crippen LogP contribution is 2.31. The van der Waals surface area contributed by atoms with Gasteiger partial charge in [0.25, 0.3) is 0 Å². The lowest BCUT2D eigenvalue weighted by Crippen LogP contribution is -2.41. The molecule has 30 heavy (non-hydrogen) atoms. The van der Waals surface area contributed by atoms with Gasteiger partial charge in [0.15, 0.2) is 0 Å². The van der Waals surface area contributed by atoms with Crippen LogP contribution in [0, 0.1) is 6.92 Å². The SMILES string of the molecule is COc1cccc(/C=N\NC(=O)C(=O)NC[C@H]2CCCO2)c1Nc1ccccc1C. The molecule has 8 heteroatoms. The van der Waals surface area contributed by atoms with Crippen molar-refractivity contribution < 1.29 is 19.1 Å². The fourth-order valence-corrected chi connectivity index (χ4v) is 3.11. The maximum absolute atomic E-state index is 12.0. The topological polar surface area (TPSA) is 101 Å². The number of ether oxygens (including phenoxy) is 2. The summed E-state index contributed by atoms with van der Waals surface area (Å²) in [6.45, 7) is 3.01. The van der Waals surface area contributed by atoms with E-state index < -0.39 is 11.8 Å². The summed E-state index contributed by atoms with van der Waals surface area (Å²) in [6, 6.07) is 13.3. The van der Waals surface area contributed by atoms with E-state index in [-0.39, 0.29) is 6.10 Å². The standard InChI is InChI=1S/C22H26N4O4/c1-15-7-3-4-10-18(15)25-20-16(8-5-11-19(20)29-2)13-24-26-22(28)21(27)23-14-17-9-6-12-30-17/h3-5,7-8,10-11,13,17,25H,6,9,12,14H2,1-2H3,(H,23,27)(H,26,28)/b24-13-/t17-/m1/s1. The molecule has 2 amide bonds. The van der Waals surface area contributed by atoms with Crippen LogP contribution in [0.4, 0.5) is 11.4 Å². The van der Waals surface area contributed by atoms with Gasteiger partial charge in [0.2, 0.25) is 0 Å². The molecule has 2 aromatic rings. The average molecular weight is 410 g/mol. The van der Waals surface area contributed by atoms with Crippen molar-refractivity contribution in [3.8, 4) is 5.75 Å². The molecule has 1 aliphatic heterocycles. The molecule has 3 N–H and O–H groups in total. The second kappa shape index (κ2) is 10.4. The molecule has 0 unspecified atom stereocenters. The van der Waals surface area contributed by atoms with Crippen LogP contribution in [-0.2, 0) is 14.3 Å². The number of benzene rings is 2. The maximum atomic E-state index is 12.0. The van der Waals surface area contributed by atoms with E-state index in [0.29, 0.717) is 30.2 Å². The normalized spacial score (nSPS) is 15.7. The molecule has 2 aromatic carbocycles. The molecule has 0 spiro atoms. The lowest BCUT2D eigenvalue weighted by atomic mass is 10.1. The lowest BCUT2D eigenvalue weighted by molar-refractivity contribution is -0.139. The number of carbonyl (C=O) groups excluding carboxylic acids is 2. The summed E-state index contributed by atoms with van der Waals surface area (Å²) in [6.07, 6.45) is 3.29. The van der Waals surface area contributed by atoms with Crippen molar-refractivity contribution in [3.05, 3.63) is 53.6 Å². The van der Waals surface area contributed by atoms with Crippen molar-refractivity contribution in [2.24, 2.45) is 5.10 Å². The Balaban J connectivity index is 1.65. The van der Waals surface area contributed by atoms with E-state index in [2.05, 4.69) is 21.2 Å². The van der Waals surface area contributed by atoms with Crippen LogP contribution in [0.2, 0.25) is 0 Å². The van der Waals surface area contributed by atoms with Crippen molar-refractivity contribution in [1.82, 2.24) is 10.7 Å². The molecule has 158 valence electrons. The van der Waals surface area contributed by atoms with E-state index >= 15 is 0 Å². The number of hydrogen-bond donors (Lipinski definition) is 3. The zero-order valence-corrected chi connectivity index (χ0v) is 17.1. The molecule has 3 rings (SSSR count). The number of aryl methyl sites for hydroxylation is 1. The minimum absolute atomic E-state index is 0.0305. The fourth-order valence-electron chi connectivity index (χ4n) is 3.11. The summed E-state index contributed by atoms with van der Waals surface area (Å²) >= 11 is 0. The van der Waals surface area contributed by atoms with Gasteiger partial charge in [0, 0.05) is 24.4 Å². The molecular formula is C22H26N4O4.